The second-order valence-corrected chi connectivity index (χ2v) is 4.56. The Morgan fingerprint density at radius 1 is 1.16 bits per heavy atom. The Hall–Kier alpha value is -1.75. The number of carbonyl (C=O) groups excluding carboxylic acids is 1. The van der Waals surface area contributed by atoms with Crippen molar-refractivity contribution in [2.45, 2.75) is 11.9 Å². The van der Waals surface area contributed by atoms with Gasteiger partial charge in [-0.1, -0.05) is 40.2 Å². The van der Waals surface area contributed by atoms with Gasteiger partial charge in [0.1, 0.15) is 11.5 Å². The molecule has 0 atom stereocenters. The van der Waals surface area contributed by atoms with E-state index in [2.05, 4.69) is 26.2 Å². The van der Waals surface area contributed by atoms with E-state index in [-0.39, 0.29) is 11.6 Å². The summed E-state index contributed by atoms with van der Waals surface area (Å²) >= 11 is 3.37. The summed E-state index contributed by atoms with van der Waals surface area (Å²) in [6.45, 7) is 0.417. The zero-order valence-electron chi connectivity index (χ0n) is 10.1. The van der Waals surface area contributed by atoms with Crippen molar-refractivity contribution in [2.24, 2.45) is 0 Å². The molecule has 1 heterocycles. The number of carbonyl (C=O) groups is 1. The molecular formula is C14H12BrFN2O. The van der Waals surface area contributed by atoms with Gasteiger partial charge in [-0.05, 0) is 23.3 Å². The van der Waals surface area contributed by atoms with Crippen molar-refractivity contribution in [1.82, 2.24) is 10.3 Å². The van der Waals surface area contributed by atoms with Crippen LogP contribution in [0.5, 0.6) is 0 Å². The summed E-state index contributed by atoms with van der Waals surface area (Å²) in [6, 6.07) is 10.5. The Bertz CT molecular complexity index is 555. The number of nitrogens with zero attached hydrogens (tertiary/aromatic N) is 1. The highest BCUT2D eigenvalue weighted by Gasteiger charge is 2.06. The molecule has 0 bridgehead atoms. The number of hydrogen-bond acceptors (Lipinski definition) is 2. The van der Waals surface area contributed by atoms with Gasteiger partial charge in [0.15, 0.2) is 0 Å². The van der Waals surface area contributed by atoms with Gasteiger partial charge in [0, 0.05) is 11.9 Å². The van der Waals surface area contributed by atoms with Gasteiger partial charge in [0.05, 0.1) is 6.20 Å². The zero-order valence-corrected chi connectivity index (χ0v) is 11.7. The average Bonchev–Trinajstić information content (AvgIpc) is 2.46. The molecule has 0 saturated carbocycles. The molecule has 1 amide bonds. The Morgan fingerprint density at radius 3 is 2.42 bits per heavy atom. The average molecular weight is 323 g/mol. The first-order valence-corrected chi connectivity index (χ1v) is 6.85. The monoisotopic (exact) mass is 322 g/mol. The molecule has 5 heteroatoms. The normalized spacial score (nSPS) is 10.2. The van der Waals surface area contributed by atoms with Gasteiger partial charge in [-0.15, -0.1) is 0 Å². The lowest BCUT2D eigenvalue weighted by molar-refractivity contribution is 0.0946. The highest BCUT2D eigenvalue weighted by atomic mass is 79.9. The molecule has 0 aliphatic carbocycles. The molecule has 19 heavy (non-hydrogen) atoms. The minimum Gasteiger partial charge on any atom is -0.347 e. The lowest BCUT2D eigenvalue weighted by atomic mass is 10.1. The van der Waals surface area contributed by atoms with Crippen LogP contribution in [0.1, 0.15) is 21.6 Å². The van der Waals surface area contributed by atoms with Crippen LogP contribution in [0, 0.1) is 5.82 Å². The second-order valence-electron chi connectivity index (χ2n) is 3.99. The standard InChI is InChI=1S/C14H12BrFN2O/c15-7-10-1-3-11(4-2-10)8-18-14(19)13-6-5-12(16)9-17-13/h1-6,9H,7-8H2,(H,18,19). The molecule has 0 radical (unpaired) electrons. The van der Waals surface area contributed by atoms with Crippen LogP contribution in [-0.2, 0) is 11.9 Å². The Balaban J connectivity index is 1.94. The predicted octanol–water partition coefficient (Wildman–Crippen LogP) is 3.05. The van der Waals surface area contributed by atoms with E-state index in [1.54, 1.807) is 0 Å². The van der Waals surface area contributed by atoms with Gasteiger partial charge in [-0.3, -0.25) is 4.79 Å². The van der Waals surface area contributed by atoms with E-state index in [0.29, 0.717) is 6.54 Å². The summed E-state index contributed by atoms with van der Waals surface area (Å²) in [5.74, 6) is -0.772. The Morgan fingerprint density at radius 2 is 1.84 bits per heavy atom. The third-order valence-electron chi connectivity index (χ3n) is 2.59. The lowest BCUT2D eigenvalue weighted by Gasteiger charge is -2.05. The molecule has 3 nitrogen and oxygen atoms in total. The molecule has 0 fully saturated rings. The fourth-order valence-corrected chi connectivity index (χ4v) is 1.90. The number of hydrogen-bond donors (Lipinski definition) is 1. The number of benzene rings is 1. The van der Waals surface area contributed by atoms with Gasteiger partial charge >= 0.3 is 0 Å². The molecule has 0 unspecified atom stereocenters. The van der Waals surface area contributed by atoms with Crippen LogP contribution in [0.15, 0.2) is 42.6 Å². The predicted molar refractivity (Wildman–Crippen MR) is 74.4 cm³/mol. The number of amides is 1. The number of nitrogens with one attached hydrogen (secondary N) is 1. The van der Waals surface area contributed by atoms with Crippen molar-refractivity contribution < 1.29 is 9.18 Å². The molecular weight excluding hydrogens is 311 g/mol. The molecule has 1 aromatic carbocycles. The summed E-state index contributed by atoms with van der Waals surface area (Å²) in [6.07, 6.45) is 1.03. The third-order valence-corrected chi connectivity index (χ3v) is 3.24. The molecule has 1 N–H and O–H groups in total. The molecule has 98 valence electrons. The lowest BCUT2D eigenvalue weighted by Crippen LogP contribution is -2.23. The van der Waals surface area contributed by atoms with E-state index >= 15 is 0 Å². The Kier molecular flexibility index (Phi) is 4.63. The molecule has 2 rings (SSSR count). The first-order chi connectivity index (χ1) is 9.19. The maximum absolute atomic E-state index is 12.7. The number of aromatic nitrogens is 1. The van der Waals surface area contributed by atoms with Crippen molar-refractivity contribution in [3.63, 3.8) is 0 Å². The first-order valence-electron chi connectivity index (χ1n) is 5.72. The van der Waals surface area contributed by atoms with E-state index in [4.69, 9.17) is 0 Å². The highest BCUT2D eigenvalue weighted by Crippen LogP contribution is 2.08. The molecule has 1 aromatic heterocycles. The molecule has 0 aliphatic heterocycles. The SMILES string of the molecule is O=C(NCc1ccc(CBr)cc1)c1ccc(F)cn1. The minimum absolute atomic E-state index is 0.207. The van der Waals surface area contributed by atoms with E-state index in [1.807, 2.05) is 24.3 Å². The summed E-state index contributed by atoms with van der Waals surface area (Å²) in [5.41, 5.74) is 2.38. The van der Waals surface area contributed by atoms with Gasteiger partial charge in [-0.25, -0.2) is 9.37 Å². The van der Waals surface area contributed by atoms with E-state index in [9.17, 15) is 9.18 Å². The van der Waals surface area contributed by atoms with Crippen LogP contribution in [0.4, 0.5) is 4.39 Å². The molecule has 0 saturated heterocycles. The topological polar surface area (TPSA) is 42.0 Å². The van der Waals surface area contributed by atoms with E-state index < -0.39 is 5.82 Å². The summed E-state index contributed by atoms with van der Waals surface area (Å²) in [4.78, 5) is 15.5. The van der Waals surface area contributed by atoms with Gasteiger partial charge in [0.2, 0.25) is 0 Å². The quantitative estimate of drug-likeness (QED) is 0.879. The van der Waals surface area contributed by atoms with Gasteiger partial charge < -0.3 is 5.32 Å². The van der Waals surface area contributed by atoms with Gasteiger partial charge in [0.25, 0.3) is 5.91 Å². The smallest absolute Gasteiger partial charge is 0.270 e. The highest BCUT2D eigenvalue weighted by molar-refractivity contribution is 9.08. The number of alkyl halides is 1. The first kappa shape index (κ1) is 13.7. The van der Waals surface area contributed by atoms with Gasteiger partial charge in [-0.2, -0.15) is 0 Å². The molecule has 2 aromatic rings. The molecule has 0 spiro atoms. The van der Waals surface area contributed by atoms with Crippen LogP contribution in [0.3, 0.4) is 0 Å². The van der Waals surface area contributed by atoms with Crippen LogP contribution in [0.2, 0.25) is 0 Å². The zero-order chi connectivity index (χ0) is 13.7. The number of pyridine rings is 1. The second kappa shape index (κ2) is 6.43. The van der Waals surface area contributed by atoms with Crippen LogP contribution < -0.4 is 5.32 Å². The maximum atomic E-state index is 12.7. The summed E-state index contributed by atoms with van der Waals surface area (Å²) in [7, 11) is 0. The minimum atomic E-state index is -0.457. The third kappa shape index (κ3) is 3.86. The van der Waals surface area contributed by atoms with Crippen LogP contribution >= 0.6 is 15.9 Å². The Labute approximate surface area is 119 Å². The van der Waals surface area contributed by atoms with Crippen LogP contribution in [-0.4, -0.2) is 10.9 Å². The van der Waals surface area contributed by atoms with Crippen LogP contribution in [0.25, 0.3) is 0 Å². The van der Waals surface area contributed by atoms with Crippen molar-refractivity contribution in [3.8, 4) is 0 Å². The maximum Gasteiger partial charge on any atom is 0.270 e. The summed E-state index contributed by atoms with van der Waals surface area (Å²) < 4.78 is 12.7. The largest absolute Gasteiger partial charge is 0.347 e. The number of halogens is 2. The van der Waals surface area contributed by atoms with Crippen molar-refractivity contribution in [2.75, 3.05) is 0 Å². The fourth-order valence-electron chi connectivity index (χ4n) is 1.53. The van der Waals surface area contributed by atoms with E-state index in [1.165, 1.54) is 17.7 Å². The number of rotatable bonds is 4. The van der Waals surface area contributed by atoms with E-state index in [0.717, 1.165) is 17.1 Å². The fraction of sp³-hybridized carbons (Fsp3) is 0.143. The van der Waals surface area contributed by atoms with Crippen molar-refractivity contribution in [3.05, 3.63) is 65.2 Å². The van der Waals surface area contributed by atoms with Crippen molar-refractivity contribution >= 4 is 21.8 Å². The molecule has 0 aliphatic rings. The summed E-state index contributed by atoms with van der Waals surface area (Å²) in [5, 5.41) is 3.54. The van der Waals surface area contributed by atoms with Crippen molar-refractivity contribution in [1.29, 1.82) is 0 Å².